The van der Waals surface area contributed by atoms with Crippen molar-refractivity contribution in [1.82, 2.24) is 15.0 Å². The number of aromatic nitrogens is 3. The fourth-order valence-electron chi connectivity index (χ4n) is 1.64. The number of nitrogens with zero attached hydrogens (tertiary/aromatic N) is 4. The van der Waals surface area contributed by atoms with E-state index in [1.807, 2.05) is 32.8 Å². The number of hydrogen-bond donors (Lipinski definition) is 0. The molecule has 4 nitrogen and oxygen atoms in total. The first-order chi connectivity index (χ1) is 8.47. The smallest absolute Gasteiger partial charge is 0.229 e. The Morgan fingerprint density at radius 3 is 2.44 bits per heavy atom. The van der Waals surface area contributed by atoms with Crippen LogP contribution in [0.25, 0.3) is 11.4 Å². The summed E-state index contributed by atoms with van der Waals surface area (Å²) < 4.78 is 0. The maximum atomic E-state index is 5.95. The molecule has 1 aromatic carbocycles. The molecule has 94 valence electrons. The molecular formula is C13H15ClN4. The fraction of sp³-hybridized carbons (Fsp3) is 0.308. The van der Waals surface area contributed by atoms with Gasteiger partial charge in [-0.3, -0.25) is 0 Å². The van der Waals surface area contributed by atoms with Crippen LogP contribution in [-0.4, -0.2) is 29.0 Å². The summed E-state index contributed by atoms with van der Waals surface area (Å²) >= 11 is 5.95. The Morgan fingerprint density at radius 2 is 1.78 bits per heavy atom. The third-order valence-corrected chi connectivity index (χ3v) is 2.80. The Kier molecular flexibility index (Phi) is 3.48. The molecule has 0 saturated heterocycles. The Hall–Kier alpha value is -1.68. The zero-order chi connectivity index (χ0) is 13.3. The van der Waals surface area contributed by atoms with Crippen LogP contribution in [0.1, 0.15) is 11.1 Å². The SMILES string of the molecule is Cc1ccc(C)c(-c2nc(Cl)nc(N(C)C)n2)c1. The van der Waals surface area contributed by atoms with Crippen LogP contribution >= 0.6 is 11.6 Å². The second kappa shape index (κ2) is 4.90. The van der Waals surface area contributed by atoms with E-state index in [4.69, 9.17) is 11.6 Å². The van der Waals surface area contributed by atoms with E-state index in [0.29, 0.717) is 11.8 Å². The summed E-state index contributed by atoms with van der Waals surface area (Å²) in [6.45, 7) is 4.07. The van der Waals surface area contributed by atoms with Crippen molar-refractivity contribution in [1.29, 1.82) is 0 Å². The van der Waals surface area contributed by atoms with Gasteiger partial charge in [-0.15, -0.1) is 0 Å². The van der Waals surface area contributed by atoms with Crippen molar-refractivity contribution >= 4 is 17.5 Å². The molecule has 0 bridgehead atoms. The Bertz CT molecular complexity index is 581. The maximum Gasteiger partial charge on any atom is 0.229 e. The van der Waals surface area contributed by atoms with E-state index in [-0.39, 0.29) is 5.28 Å². The Labute approximate surface area is 112 Å². The van der Waals surface area contributed by atoms with E-state index in [1.165, 1.54) is 5.56 Å². The minimum absolute atomic E-state index is 0.213. The quantitative estimate of drug-likeness (QED) is 0.835. The first kappa shape index (κ1) is 12.8. The van der Waals surface area contributed by atoms with Crippen molar-refractivity contribution in [3.05, 3.63) is 34.6 Å². The lowest BCUT2D eigenvalue weighted by Crippen LogP contribution is -2.14. The van der Waals surface area contributed by atoms with Crippen LogP contribution in [0.3, 0.4) is 0 Å². The lowest BCUT2D eigenvalue weighted by Gasteiger charge is -2.12. The van der Waals surface area contributed by atoms with Gasteiger partial charge in [0.1, 0.15) is 0 Å². The minimum Gasteiger partial charge on any atom is -0.347 e. The zero-order valence-corrected chi connectivity index (χ0v) is 11.7. The molecule has 0 N–H and O–H groups in total. The van der Waals surface area contributed by atoms with Gasteiger partial charge in [-0.25, -0.2) is 0 Å². The van der Waals surface area contributed by atoms with Gasteiger partial charge >= 0.3 is 0 Å². The number of aryl methyl sites for hydroxylation is 2. The van der Waals surface area contributed by atoms with Crippen LogP contribution in [0.4, 0.5) is 5.95 Å². The molecular weight excluding hydrogens is 248 g/mol. The molecule has 0 aliphatic heterocycles. The van der Waals surface area contributed by atoms with Crippen LogP contribution in [0, 0.1) is 13.8 Å². The molecule has 2 aromatic rings. The number of halogens is 1. The van der Waals surface area contributed by atoms with E-state index in [9.17, 15) is 0 Å². The molecule has 0 spiro atoms. The number of benzene rings is 1. The predicted octanol–water partition coefficient (Wildman–Crippen LogP) is 2.87. The van der Waals surface area contributed by atoms with E-state index >= 15 is 0 Å². The molecule has 0 unspecified atom stereocenters. The van der Waals surface area contributed by atoms with Gasteiger partial charge in [-0.05, 0) is 37.1 Å². The van der Waals surface area contributed by atoms with E-state index in [0.717, 1.165) is 11.1 Å². The van der Waals surface area contributed by atoms with Crippen LogP contribution in [0.2, 0.25) is 5.28 Å². The van der Waals surface area contributed by atoms with E-state index < -0.39 is 0 Å². The van der Waals surface area contributed by atoms with Gasteiger partial charge in [-0.2, -0.15) is 15.0 Å². The van der Waals surface area contributed by atoms with Gasteiger partial charge < -0.3 is 4.90 Å². The monoisotopic (exact) mass is 262 g/mol. The molecule has 5 heteroatoms. The second-order valence-electron chi connectivity index (χ2n) is 4.44. The zero-order valence-electron chi connectivity index (χ0n) is 10.9. The van der Waals surface area contributed by atoms with Crippen LogP contribution in [-0.2, 0) is 0 Å². The van der Waals surface area contributed by atoms with Crippen molar-refractivity contribution in [3.63, 3.8) is 0 Å². The van der Waals surface area contributed by atoms with Crippen molar-refractivity contribution < 1.29 is 0 Å². The van der Waals surface area contributed by atoms with Crippen molar-refractivity contribution in [2.24, 2.45) is 0 Å². The lowest BCUT2D eigenvalue weighted by molar-refractivity contribution is 0.960. The van der Waals surface area contributed by atoms with E-state index in [2.05, 4.69) is 33.2 Å². The normalized spacial score (nSPS) is 10.5. The maximum absolute atomic E-state index is 5.95. The van der Waals surface area contributed by atoms with Gasteiger partial charge in [0.25, 0.3) is 0 Å². The highest BCUT2D eigenvalue weighted by Crippen LogP contribution is 2.23. The van der Waals surface area contributed by atoms with Gasteiger partial charge in [0.05, 0.1) is 0 Å². The summed E-state index contributed by atoms with van der Waals surface area (Å²) in [5.41, 5.74) is 3.27. The average molecular weight is 263 g/mol. The summed E-state index contributed by atoms with van der Waals surface area (Å²) in [6, 6.07) is 6.17. The molecule has 0 atom stereocenters. The molecule has 0 amide bonds. The van der Waals surface area contributed by atoms with Crippen molar-refractivity contribution in [2.75, 3.05) is 19.0 Å². The largest absolute Gasteiger partial charge is 0.347 e. The molecule has 0 fully saturated rings. The number of hydrogen-bond acceptors (Lipinski definition) is 4. The molecule has 1 heterocycles. The summed E-state index contributed by atoms with van der Waals surface area (Å²) in [5, 5.41) is 0.213. The highest BCUT2D eigenvalue weighted by atomic mass is 35.5. The summed E-state index contributed by atoms with van der Waals surface area (Å²) in [4.78, 5) is 14.5. The molecule has 0 aliphatic carbocycles. The summed E-state index contributed by atoms with van der Waals surface area (Å²) in [6.07, 6.45) is 0. The highest BCUT2D eigenvalue weighted by Gasteiger charge is 2.10. The summed E-state index contributed by atoms with van der Waals surface area (Å²) in [5.74, 6) is 1.17. The van der Waals surface area contributed by atoms with Gasteiger partial charge in [0.15, 0.2) is 5.82 Å². The van der Waals surface area contributed by atoms with Gasteiger partial charge in [-0.1, -0.05) is 17.7 Å². The predicted molar refractivity (Wildman–Crippen MR) is 74.1 cm³/mol. The first-order valence-corrected chi connectivity index (χ1v) is 6.01. The molecule has 18 heavy (non-hydrogen) atoms. The van der Waals surface area contributed by atoms with E-state index in [1.54, 1.807) is 0 Å². The Morgan fingerprint density at radius 1 is 1.06 bits per heavy atom. The molecule has 0 aliphatic rings. The van der Waals surface area contributed by atoms with Gasteiger partial charge in [0.2, 0.25) is 11.2 Å². The first-order valence-electron chi connectivity index (χ1n) is 5.64. The topological polar surface area (TPSA) is 41.9 Å². The third kappa shape index (κ3) is 2.59. The van der Waals surface area contributed by atoms with Crippen LogP contribution in [0.15, 0.2) is 18.2 Å². The van der Waals surface area contributed by atoms with Crippen LogP contribution in [0.5, 0.6) is 0 Å². The fourth-order valence-corrected chi connectivity index (χ4v) is 1.79. The molecule has 0 saturated carbocycles. The number of anilines is 1. The molecule has 0 radical (unpaired) electrons. The third-order valence-electron chi connectivity index (χ3n) is 2.63. The lowest BCUT2D eigenvalue weighted by atomic mass is 10.1. The summed E-state index contributed by atoms with van der Waals surface area (Å²) in [7, 11) is 3.75. The standard InChI is InChI=1S/C13H15ClN4/c1-8-5-6-9(2)10(7-8)11-15-12(14)17-13(16-11)18(3)4/h5-7H,1-4H3. The Balaban J connectivity index is 2.60. The van der Waals surface area contributed by atoms with Crippen molar-refractivity contribution in [3.8, 4) is 11.4 Å². The second-order valence-corrected chi connectivity index (χ2v) is 4.78. The average Bonchev–Trinajstić information content (AvgIpc) is 2.31. The highest BCUT2D eigenvalue weighted by molar-refractivity contribution is 6.28. The number of rotatable bonds is 2. The van der Waals surface area contributed by atoms with Crippen LogP contribution < -0.4 is 4.90 Å². The molecule has 1 aromatic heterocycles. The van der Waals surface area contributed by atoms with Gasteiger partial charge in [0, 0.05) is 19.7 Å². The van der Waals surface area contributed by atoms with Crippen molar-refractivity contribution in [2.45, 2.75) is 13.8 Å². The molecule has 2 rings (SSSR count). The minimum atomic E-state index is 0.213.